The van der Waals surface area contributed by atoms with E-state index in [1.165, 1.54) is 28.9 Å². The lowest BCUT2D eigenvalue weighted by Crippen LogP contribution is -2.51. The van der Waals surface area contributed by atoms with Crippen molar-refractivity contribution in [2.75, 3.05) is 44.2 Å². The zero-order valence-electron chi connectivity index (χ0n) is 17.4. The zero-order valence-corrected chi connectivity index (χ0v) is 17.4. The number of rotatable bonds is 4. The Morgan fingerprint density at radius 2 is 1.82 bits per heavy atom. The highest BCUT2D eigenvalue weighted by molar-refractivity contribution is 5.78. The molecule has 5 nitrogen and oxygen atoms in total. The third kappa shape index (κ3) is 3.68. The van der Waals surface area contributed by atoms with E-state index in [4.69, 9.17) is 0 Å². The van der Waals surface area contributed by atoms with Gasteiger partial charge in [-0.3, -0.25) is 9.69 Å². The molecule has 28 heavy (non-hydrogen) atoms. The molecule has 2 aliphatic rings. The summed E-state index contributed by atoms with van der Waals surface area (Å²) in [5.41, 5.74) is 5.32. The molecule has 2 aliphatic heterocycles. The average Bonchev–Trinajstić information content (AvgIpc) is 3.32. The number of hydrogen-bond acceptors (Lipinski definition) is 3. The molecule has 0 unspecified atom stereocenters. The van der Waals surface area contributed by atoms with Crippen molar-refractivity contribution in [2.24, 2.45) is 7.05 Å². The van der Waals surface area contributed by atoms with Crippen molar-refractivity contribution in [3.63, 3.8) is 0 Å². The Balaban J connectivity index is 1.35. The summed E-state index contributed by atoms with van der Waals surface area (Å²) in [6.07, 6.45) is 4.41. The molecular weight excluding hydrogens is 348 g/mol. The van der Waals surface area contributed by atoms with Crippen molar-refractivity contribution in [3.8, 4) is 0 Å². The van der Waals surface area contributed by atoms with Gasteiger partial charge in [-0.05, 0) is 62.6 Å². The molecular formula is C23H32N4O. The van der Waals surface area contributed by atoms with Crippen LogP contribution in [0.1, 0.15) is 35.7 Å². The van der Waals surface area contributed by atoms with Crippen LogP contribution in [0, 0.1) is 13.8 Å². The number of nitrogens with zero attached hydrogens (tertiary/aromatic N) is 4. The monoisotopic (exact) mass is 380 g/mol. The number of amides is 1. The number of likely N-dealkylation sites (tertiary alicyclic amines) is 1. The first kappa shape index (κ1) is 19.1. The van der Waals surface area contributed by atoms with E-state index < -0.39 is 0 Å². The highest BCUT2D eigenvalue weighted by Gasteiger charge is 2.31. The third-order valence-corrected chi connectivity index (χ3v) is 6.58. The van der Waals surface area contributed by atoms with Gasteiger partial charge in [-0.25, -0.2) is 0 Å². The van der Waals surface area contributed by atoms with E-state index in [-0.39, 0.29) is 5.91 Å². The normalized spacial score (nSPS) is 20.8. The van der Waals surface area contributed by atoms with Gasteiger partial charge in [0.25, 0.3) is 0 Å². The number of benzene rings is 1. The third-order valence-electron chi connectivity index (χ3n) is 6.58. The van der Waals surface area contributed by atoms with Crippen molar-refractivity contribution in [1.82, 2.24) is 14.4 Å². The zero-order chi connectivity index (χ0) is 19.7. The van der Waals surface area contributed by atoms with Crippen molar-refractivity contribution in [3.05, 3.63) is 53.3 Å². The number of carbonyl (C=O) groups is 1. The number of aryl methyl sites for hydroxylation is 2. The quantitative estimate of drug-likeness (QED) is 0.817. The molecule has 1 amide bonds. The molecule has 5 heteroatoms. The van der Waals surface area contributed by atoms with E-state index in [1.807, 2.05) is 0 Å². The molecule has 0 aliphatic carbocycles. The fourth-order valence-corrected chi connectivity index (χ4v) is 4.72. The van der Waals surface area contributed by atoms with Gasteiger partial charge in [0, 0.05) is 50.8 Å². The number of carbonyl (C=O) groups excluding carboxylic acids is 1. The molecule has 0 spiro atoms. The van der Waals surface area contributed by atoms with Crippen LogP contribution < -0.4 is 4.90 Å². The highest BCUT2D eigenvalue weighted by atomic mass is 16.2. The Hall–Kier alpha value is -2.27. The number of piperazine rings is 1. The van der Waals surface area contributed by atoms with E-state index in [1.54, 1.807) is 0 Å². The summed E-state index contributed by atoms with van der Waals surface area (Å²) >= 11 is 0. The maximum absolute atomic E-state index is 13.0. The van der Waals surface area contributed by atoms with Crippen LogP contribution in [0.3, 0.4) is 0 Å². The van der Waals surface area contributed by atoms with Crippen LogP contribution in [-0.2, 0) is 11.8 Å². The Morgan fingerprint density at radius 1 is 1.04 bits per heavy atom. The maximum Gasteiger partial charge on any atom is 0.236 e. The fourth-order valence-electron chi connectivity index (χ4n) is 4.72. The summed E-state index contributed by atoms with van der Waals surface area (Å²) < 4.78 is 2.19. The minimum Gasteiger partial charge on any atom is -0.368 e. The topological polar surface area (TPSA) is 31.7 Å². The van der Waals surface area contributed by atoms with Gasteiger partial charge >= 0.3 is 0 Å². The first-order valence-corrected chi connectivity index (χ1v) is 10.5. The molecule has 2 aromatic rings. The molecule has 2 fully saturated rings. The highest BCUT2D eigenvalue weighted by Crippen LogP contribution is 2.31. The molecule has 0 saturated carbocycles. The van der Waals surface area contributed by atoms with Gasteiger partial charge in [-0.1, -0.05) is 12.1 Å². The van der Waals surface area contributed by atoms with Crippen LogP contribution in [0.25, 0.3) is 0 Å². The standard InChI is InChI=1S/C23H32N4O/c1-18-7-4-8-20(19(18)2)25-13-15-26(16-14-25)23(28)17-27-12-6-10-22(27)21-9-5-11-24(21)3/h4-5,7-9,11,22H,6,10,12-17H2,1-3H3/t22-/m1/s1. The summed E-state index contributed by atoms with van der Waals surface area (Å²) in [7, 11) is 2.10. The molecule has 1 atom stereocenters. The van der Waals surface area contributed by atoms with E-state index in [0.717, 1.165) is 39.1 Å². The number of anilines is 1. The smallest absolute Gasteiger partial charge is 0.236 e. The van der Waals surface area contributed by atoms with Gasteiger partial charge < -0.3 is 14.4 Å². The van der Waals surface area contributed by atoms with Gasteiger partial charge in [0.05, 0.1) is 12.6 Å². The predicted octanol–water partition coefficient (Wildman–Crippen LogP) is 3.13. The number of hydrogen-bond donors (Lipinski definition) is 0. The average molecular weight is 381 g/mol. The SMILES string of the molecule is Cc1cccc(N2CCN(C(=O)CN3CCC[C@@H]3c3cccn3C)CC2)c1C. The maximum atomic E-state index is 13.0. The van der Waals surface area contributed by atoms with Crippen molar-refractivity contribution >= 4 is 11.6 Å². The summed E-state index contributed by atoms with van der Waals surface area (Å²) in [6, 6.07) is 11.2. The van der Waals surface area contributed by atoms with E-state index in [0.29, 0.717) is 12.6 Å². The number of aromatic nitrogens is 1. The Kier molecular flexibility index (Phi) is 5.44. The van der Waals surface area contributed by atoms with Gasteiger partial charge in [-0.2, -0.15) is 0 Å². The van der Waals surface area contributed by atoms with Crippen LogP contribution in [0.15, 0.2) is 36.5 Å². The van der Waals surface area contributed by atoms with Gasteiger partial charge in [-0.15, -0.1) is 0 Å². The van der Waals surface area contributed by atoms with E-state index in [2.05, 4.69) is 76.7 Å². The summed E-state index contributed by atoms with van der Waals surface area (Å²) in [5.74, 6) is 0.279. The van der Waals surface area contributed by atoms with Gasteiger partial charge in [0.1, 0.15) is 0 Å². The van der Waals surface area contributed by atoms with Crippen molar-refractivity contribution in [1.29, 1.82) is 0 Å². The van der Waals surface area contributed by atoms with Gasteiger partial charge in [0.15, 0.2) is 0 Å². The summed E-state index contributed by atoms with van der Waals surface area (Å²) in [5, 5.41) is 0. The molecule has 1 aromatic heterocycles. The second-order valence-electron chi connectivity index (χ2n) is 8.26. The second-order valence-corrected chi connectivity index (χ2v) is 8.26. The summed E-state index contributed by atoms with van der Waals surface area (Å²) in [4.78, 5) is 19.8. The lowest BCUT2D eigenvalue weighted by Gasteiger charge is -2.38. The lowest BCUT2D eigenvalue weighted by atomic mass is 10.1. The Morgan fingerprint density at radius 3 is 2.54 bits per heavy atom. The minimum absolute atomic E-state index is 0.279. The van der Waals surface area contributed by atoms with Crippen LogP contribution in [0.2, 0.25) is 0 Å². The van der Waals surface area contributed by atoms with Crippen LogP contribution in [0.5, 0.6) is 0 Å². The van der Waals surface area contributed by atoms with Gasteiger partial charge in [0.2, 0.25) is 5.91 Å². The Bertz CT molecular complexity index is 835. The van der Waals surface area contributed by atoms with Crippen LogP contribution in [-0.4, -0.2) is 59.5 Å². The Labute approximate surface area is 168 Å². The molecule has 3 heterocycles. The predicted molar refractivity (Wildman–Crippen MR) is 114 cm³/mol. The molecule has 0 N–H and O–H groups in total. The molecule has 2 saturated heterocycles. The van der Waals surface area contributed by atoms with Crippen molar-refractivity contribution < 1.29 is 4.79 Å². The largest absolute Gasteiger partial charge is 0.368 e. The first-order valence-electron chi connectivity index (χ1n) is 10.5. The van der Waals surface area contributed by atoms with E-state index in [9.17, 15) is 4.79 Å². The first-order chi connectivity index (χ1) is 13.5. The molecule has 4 rings (SSSR count). The molecule has 0 bridgehead atoms. The molecule has 0 radical (unpaired) electrons. The fraction of sp³-hybridized carbons (Fsp3) is 0.522. The minimum atomic E-state index is 0.279. The molecule has 150 valence electrons. The van der Waals surface area contributed by atoms with Crippen LogP contribution in [0.4, 0.5) is 5.69 Å². The second kappa shape index (κ2) is 8.00. The van der Waals surface area contributed by atoms with Crippen LogP contribution >= 0.6 is 0 Å². The molecule has 1 aromatic carbocycles. The lowest BCUT2D eigenvalue weighted by molar-refractivity contribution is -0.133. The summed E-state index contributed by atoms with van der Waals surface area (Å²) in [6.45, 7) is 9.37. The van der Waals surface area contributed by atoms with E-state index >= 15 is 0 Å². The van der Waals surface area contributed by atoms with Crippen molar-refractivity contribution in [2.45, 2.75) is 32.7 Å².